The molecule has 0 heterocycles. The van der Waals surface area contributed by atoms with Gasteiger partial charge in [-0.2, -0.15) is 0 Å². The van der Waals surface area contributed by atoms with E-state index in [-0.39, 0.29) is 25.2 Å². The second kappa shape index (κ2) is 79.0. The van der Waals surface area contributed by atoms with Gasteiger partial charge in [0.25, 0.3) is 0 Å². The molecule has 5 nitrogen and oxygen atoms in total. The molecule has 0 saturated carbocycles. The third-order valence-electron chi connectivity index (χ3n) is 16.6. The average Bonchev–Trinajstić information content (AvgIpc) is 3.59. The lowest BCUT2D eigenvalue weighted by molar-refractivity contribution is -0.161. The first-order valence-corrected chi connectivity index (χ1v) is 38.4. The van der Waals surface area contributed by atoms with Crippen molar-refractivity contribution in [3.8, 4) is 0 Å². The number of aliphatic hydroxyl groups is 1. The molecule has 1 unspecified atom stereocenters. The van der Waals surface area contributed by atoms with Gasteiger partial charge < -0.3 is 14.6 Å². The van der Waals surface area contributed by atoms with Crippen LogP contribution in [0.1, 0.15) is 361 Å². The molecule has 0 radical (unpaired) electrons. The zero-order valence-corrected chi connectivity index (χ0v) is 59.1. The van der Waals surface area contributed by atoms with Gasteiger partial charge in [0.2, 0.25) is 0 Å². The number of carbonyl (C=O) groups excluding carboxylic acids is 2. The summed E-state index contributed by atoms with van der Waals surface area (Å²) in [6.45, 7) is 4.04. The first-order chi connectivity index (χ1) is 44.6. The number of carbonyl (C=O) groups is 2. The van der Waals surface area contributed by atoms with Gasteiger partial charge in [0.15, 0.2) is 6.10 Å². The molecule has 0 rings (SSSR count). The van der Waals surface area contributed by atoms with E-state index in [2.05, 4.69) is 160 Å². The van der Waals surface area contributed by atoms with E-state index in [1.807, 2.05) is 0 Å². The Bertz CT molecular complexity index is 1850. The molecule has 0 aromatic heterocycles. The largest absolute Gasteiger partial charge is 0.462 e. The van der Waals surface area contributed by atoms with Crippen molar-refractivity contribution in [2.75, 3.05) is 13.2 Å². The van der Waals surface area contributed by atoms with Gasteiger partial charge in [-0.25, -0.2) is 0 Å². The van der Waals surface area contributed by atoms with E-state index in [0.29, 0.717) is 12.8 Å². The van der Waals surface area contributed by atoms with Crippen molar-refractivity contribution in [2.45, 2.75) is 367 Å². The summed E-state index contributed by atoms with van der Waals surface area (Å²) in [6, 6.07) is 0. The molecule has 0 aliphatic heterocycles. The maximum absolute atomic E-state index is 12.4. The van der Waals surface area contributed by atoms with Crippen molar-refractivity contribution in [3.63, 3.8) is 0 Å². The zero-order chi connectivity index (χ0) is 64.7. The van der Waals surface area contributed by atoms with Gasteiger partial charge in [-0.15, -0.1) is 0 Å². The highest BCUT2D eigenvalue weighted by atomic mass is 16.6. The summed E-state index contributed by atoms with van der Waals surface area (Å²) in [5, 5.41) is 9.72. The van der Waals surface area contributed by atoms with Crippen LogP contribution in [0.3, 0.4) is 0 Å². The van der Waals surface area contributed by atoms with Crippen LogP contribution in [-0.2, 0) is 19.1 Å². The molecule has 0 spiro atoms. The highest BCUT2D eigenvalue weighted by Gasteiger charge is 2.16. The van der Waals surface area contributed by atoms with Crippen molar-refractivity contribution < 1.29 is 24.2 Å². The summed E-state index contributed by atoms with van der Waals surface area (Å²) in [6.07, 6.45) is 119. The summed E-state index contributed by atoms with van der Waals surface area (Å²) in [5.41, 5.74) is 0. The third kappa shape index (κ3) is 76.2. The van der Waals surface area contributed by atoms with Gasteiger partial charge >= 0.3 is 11.9 Å². The average molecular weight is 1250 g/mol. The first-order valence-electron chi connectivity index (χ1n) is 38.4. The maximum atomic E-state index is 12.4. The van der Waals surface area contributed by atoms with Crippen molar-refractivity contribution >= 4 is 11.9 Å². The van der Waals surface area contributed by atoms with Crippen LogP contribution in [0.4, 0.5) is 0 Å². The molecule has 0 aliphatic rings. The fourth-order valence-electron chi connectivity index (χ4n) is 10.9. The van der Waals surface area contributed by atoms with Crippen LogP contribution in [0.15, 0.2) is 146 Å². The molecule has 5 heteroatoms. The summed E-state index contributed by atoms with van der Waals surface area (Å²) in [7, 11) is 0. The summed E-state index contributed by atoms with van der Waals surface area (Å²) < 4.78 is 10.8. The highest BCUT2D eigenvalue weighted by Crippen LogP contribution is 2.18. The van der Waals surface area contributed by atoms with E-state index >= 15 is 0 Å². The molecule has 0 aliphatic carbocycles. The molecular weight excluding hydrogens is 1100 g/mol. The lowest BCUT2D eigenvalue weighted by atomic mass is 10.0. The van der Waals surface area contributed by atoms with Crippen LogP contribution in [0, 0.1) is 0 Å². The normalized spacial score (nSPS) is 13.1. The summed E-state index contributed by atoms with van der Waals surface area (Å²) >= 11 is 0. The number of ether oxygens (including phenoxy) is 2. The van der Waals surface area contributed by atoms with Crippen LogP contribution in [-0.4, -0.2) is 36.4 Å². The Hall–Kier alpha value is -4.22. The van der Waals surface area contributed by atoms with E-state index in [4.69, 9.17) is 9.47 Å². The van der Waals surface area contributed by atoms with Crippen LogP contribution in [0.2, 0.25) is 0 Å². The van der Waals surface area contributed by atoms with E-state index < -0.39 is 6.10 Å². The maximum Gasteiger partial charge on any atom is 0.306 e. The molecule has 0 saturated heterocycles. The zero-order valence-electron chi connectivity index (χ0n) is 59.1. The van der Waals surface area contributed by atoms with Crippen molar-refractivity contribution in [1.82, 2.24) is 0 Å². The quantitative estimate of drug-likeness (QED) is 0.0373. The Morgan fingerprint density at radius 2 is 0.478 bits per heavy atom. The van der Waals surface area contributed by atoms with E-state index in [1.54, 1.807) is 0 Å². The molecule has 90 heavy (non-hydrogen) atoms. The minimum absolute atomic E-state index is 0.0701. The Labute approximate surface area is 558 Å². The van der Waals surface area contributed by atoms with Gasteiger partial charge in [-0.1, -0.05) is 372 Å². The molecule has 0 aromatic rings. The molecule has 0 fully saturated rings. The fourth-order valence-corrected chi connectivity index (χ4v) is 10.9. The van der Waals surface area contributed by atoms with Crippen LogP contribution in [0.25, 0.3) is 0 Å². The minimum atomic E-state index is -0.783. The topological polar surface area (TPSA) is 72.8 Å². The Morgan fingerprint density at radius 1 is 0.267 bits per heavy atom. The van der Waals surface area contributed by atoms with Gasteiger partial charge in [-0.3, -0.25) is 9.59 Å². The second-order valence-electron chi connectivity index (χ2n) is 25.3. The molecule has 514 valence electrons. The summed E-state index contributed by atoms with van der Waals surface area (Å²) in [4.78, 5) is 24.7. The Kier molecular flexibility index (Phi) is 75.3. The number of unbranched alkanes of at least 4 members (excludes halogenated alkanes) is 38. The van der Waals surface area contributed by atoms with Gasteiger partial charge in [-0.05, 0) is 122 Å². The SMILES string of the molecule is CC/C=C\C/C=C\C/C=C\C/C=C\C/C=C\C/C=C\C/C=C\C/C=C\C/C=C\CCCCCCCCCCCCCC(=O)OC(CO)COC(=O)CCCCCCCCCCCCCCCCCCCCCCCC/C=C\C/C=C\C/C=C\CCCCCCC. The number of hydrogen-bond acceptors (Lipinski definition) is 5. The smallest absolute Gasteiger partial charge is 0.306 e. The fraction of sp³-hybridized carbons (Fsp3) is 0.694. The number of allylic oxidation sites excluding steroid dienone is 24. The second-order valence-corrected chi connectivity index (χ2v) is 25.3. The lowest BCUT2D eigenvalue weighted by Crippen LogP contribution is -2.28. The molecule has 0 aromatic carbocycles. The number of aliphatic hydroxyl groups excluding tert-OH is 1. The predicted octanol–water partition coefficient (Wildman–Crippen LogP) is 27.2. The van der Waals surface area contributed by atoms with Crippen LogP contribution in [0.5, 0.6) is 0 Å². The van der Waals surface area contributed by atoms with E-state index in [9.17, 15) is 14.7 Å². The number of rotatable bonds is 70. The molecule has 0 amide bonds. The first kappa shape index (κ1) is 85.8. The van der Waals surface area contributed by atoms with Gasteiger partial charge in [0, 0.05) is 12.8 Å². The van der Waals surface area contributed by atoms with Crippen molar-refractivity contribution in [2.24, 2.45) is 0 Å². The highest BCUT2D eigenvalue weighted by molar-refractivity contribution is 5.70. The Morgan fingerprint density at radius 3 is 0.722 bits per heavy atom. The van der Waals surface area contributed by atoms with Gasteiger partial charge in [0.1, 0.15) is 6.61 Å². The van der Waals surface area contributed by atoms with Crippen LogP contribution >= 0.6 is 0 Å². The van der Waals surface area contributed by atoms with Crippen molar-refractivity contribution in [3.05, 3.63) is 146 Å². The Balaban J connectivity index is 3.49. The van der Waals surface area contributed by atoms with Gasteiger partial charge in [0.05, 0.1) is 6.61 Å². The third-order valence-corrected chi connectivity index (χ3v) is 16.6. The number of esters is 2. The molecule has 1 atom stereocenters. The standard InChI is InChI=1S/C85H144O5/c1-3-5-7-9-11-13-15-17-19-21-23-25-27-29-31-33-35-37-39-41-42-44-46-48-50-52-54-56-58-60-62-64-66-68-70-72-74-76-78-80-85(88)90-83(81-86)82-89-84(87)79-77-75-73-71-69-67-65-63-61-59-57-55-53-51-49-47-45-43-40-38-36-34-32-30-28-26-24-22-20-18-16-14-12-10-8-6-4-2/h5,7,11,13,16-19,22-25,28-31,35,37,41-42,46,48,52,54,83,86H,3-4,6,8-10,12,14-15,20-21,26-27,32-34,36,38-40,43-45,47,49-51,53,55-82H2,1-2H3/b7-5-,13-11-,18-16-,19-17-,24-22-,25-23-,30-28-,31-29-,37-35-,42-41-,48-46-,54-52-. The van der Waals surface area contributed by atoms with E-state index in [0.717, 1.165) is 109 Å². The molecule has 0 bridgehead atoms. The molecular formula is C85H144O5. The number of hydrogen-bond donors (Lipinski definition) is 1. The molecule has 1 N–H and O–H groups in total. The summed E-state index contributed by atoms with van der Waals surface area (Å²) in [5.74, 6) is -0.586. The van der Waals surface area contributed by atoms with Crippen LogP contribution < -0.4 is 0 Å². The van der Waals surface area contributed by atoms with Crippen molar-refractivity contribution in [1.29, 1.82) is 0 Å². The predicted molar refractivity (Wildman–Crippen MR) is 398 cm³/mol. The minimum Gasteiger partial charge on any atom is -0.462 e. The monoisotopic (exact) mass is 1250 g/mol. The van der Waals surface area contributed by atoms with E-state index in [1.165, 1.54) is 225 Å². The lowest BCUT2D eigenvalue weighted by Gasteiger charge is -2.15.